The Morgan fingerprint density at radius 1 is 1.53 bits per heavy atom. The van der Waals surface area contributed by atoms with Crippen molar-refractivity contribution in [2.24, 2.45) is 5.73 Å². The van der Waals surface area contributed by atoms with Crippen LogP contribution in [0.15, 0.2) is 37.1 Å². The number of rotatable bonds is 5. The Bertz CT molecular complexity index is 345. The van der Waals surface area contributed by atoms with Gasteiger partial charge >= 0.3 is 5.97 Å². The third-order valence-corrected chi connectivity index (χ3v) is 1.92. The van der Waals surface area contributed by atoms with Crippen LogP contribution >= 0.6 is 0 Å². The molecule has 4 nitrogen and oxygen atoms in total. The van der Waals surface area contributed by atoms with E-state index in [-0.39, 0.29) is 0 Å². The van der Waals surface area contributed by atoms with E-state index in [4.69, 9.17) is 15.6 Å². The molecule has 0 unspecified atom stereocenters. The molecule has 0 amide bonds. The number of carbonyl (C=O) groups is 1. The Morgan fingerprint density at radius 3 is 2.60 bits per heavy atom. The molecule has 0 aliphatic heterocycles. The summed E-state index contributed by atoms with van der Waals surface area (Å²) in [5, 5.41) is 8.62. The maximum Gasteiger partial charge on any atom is 0.320 e. The summed E-state index contributed by atoms with van der Waals surface area (Å²) in [5.41, 5.74) is 6.26. The van der Waals surface area contributed by atoms with Gasteiger partial charge in [-0.1, -0.05) is 18.7 Å². The van der Waals surface area contributed by atoms with Gasteiger partial charge in [-0.25, -0.2) is 0 Å². The molecule has 1 aromatic carbocycles. The summed E-state index contributed by atoms with van der Waals surface area (Å²) in [6.45, 7) is 3.43. The molecule has 80 valence electrons. The quantitative estimate of drug-likeness (QED) is 0.711. The number of benzene rings is 1. The van der Waals surface area contributed by atoms with Crippen molar-refractivity contribution in [2.45, 2.75) is 12.5 Å². The summed E-state index contributed by atoms with van der Waals surface area (Å²) >= 11 is 0. The van der Waals surface area contributed by atoms with Crippen LogP contribution in [0.3, 0.4) is 0 Å². The molecule has 0 bridgehead atoms. The average molecular weight is 207 g/mol. The molecular formula is C11H13NO3. The molecule has 1 rings (SSSR count). The number of hydrogen-bond acceptors (Lipinski definition) is 3. The second-order valence-corrected chi connectivity index (χ2v) is 3.08. The van der Waals surface area contributed by atoms with E-state index in [1.54, 1.807) is 24.3 Å². The van der Waals surface area contributed by atoms with Crippen molar-refractivity contribution in [2.75, 3.05) is 0 Å². The lowest BCUT2D eigenvalue weighted by molar-refractivity contribution is -0.138. The third-order valence-electron chi connectivity index (χ3n) is 1.92. The Balaban J connectivity index is 2.64. The van der Waals surface area contributed by atoms with Gasteiger partial charge in [-0.3, -0.25) is 4.79 Å². The summed E-state index contributed by atoms with van der Waals surface area (Å²) in [5.74, 6) is -0.334. The smallest absolute Gasteiger partial charge is 0.320 e. The normalized spacial score (nSPS) is 11.8. The Hall–Kier alpha value is -1.81. The van der Waals surface area contributed by atoms with Crippen LogP contribution in [0.25, 0.3) is 0 Å². The largest absolute Gasteiger partial charge is 0.480 e. The van der Waals surface area contributed by atoms with E-state index in [1.807, 2.05) is 0 Å². The van der Waals surface area contributed by atoms with Gasteiger partial charge in [0.2, 0.25) is 0 Å². The molecule has 0 aliphatic rings. The highest BCUT2D eigenvalue weighted by Crippen LogP contribution is 2.13. The van der Waals surface area contributed by atoms with Crippen LogP contribution < -0.4 is 10.5 Å². The maximum absolute atomic E-state index is 10.5. The summed E-state index contributed by atoms with van der Waals surface area (Å²) in [7, 11) is 0. The van der Waals surface area contributed by atoms with E-state index in [9.17, 15) is 4.79 Å². The zero-order valence-corrected chi connectivity index (χ0v) is 8.22. The number of aliphatic carboxylic acids is 1. The van der Waals surface area contributed by atoms with E-state index in [0.29, 0.717) is 12.2 Å². The van der Waals surface area contributed by atoms with Crippen LogP contribution in [0.1, 0.15) is 5.56 Å². The standard InChI is InChI=1S/C11H13NO3/c1-2-15-9-5-3-8(4-6-9)7-10(12)11(13)14/h2-6,10H,1,7,12H2,(H,13,14)/t10-/m0/s1. The Morgan fingerprint density at radius 2 is 2.13 bits per heavy atom. The molecule has 1 atom stereocenters. The first-order chi connectivity index (χ1) is 7.13. The van der Waals surface area contributed by atoms with Crippen molar-refractivity contribution in [3.05, 3.63) is 42.7 Å². The lowest BCUT2D eigenvalue weighted by Crippen LogP contribution is -2.32. The van der Waals surface area contributed by atoms with Gasteiger partial charge in [0.25, 0.3) is 0 Å². The van der Waals surface area contributed by atoms with Crippen LogP contribution in [0.4, 0.5) is 0 Å². The van der Waals surface area contributed by atoms with Gasteiger partial charge in [0.15, 0.2) is 0 Å². The lowest BCUT2D eigenvalue weighted by atomic mass is 10.1. The average Bonchev–Trinajstić information content (AvgIpc) is 2.21. The molecule has 0 aromatic heterocycles. The van der Waals surface area contributed by atoms with Crippen molar-refractivity contribution in [3.63, 3.8) is 0 Å². The van der Waals surface area contributed by atoms with Crippen molar-refractivity contribution in [1.29, 1.82) is 0 Å². The molecule has 0 radical (unpaired) electrons. The van der Waals surface area contributed by atoms with E-state index in [2.05, 4.69) is 6.58 Å². The highest BCUT2D eigenvalue weighted by Gasteiger charge is 2.11. The summed E-state index contributed by atoms with van der Waals surface area (Å²) < 4.78 is 5.03. The van der Waals surface area contributed by atoms with Gasteiger partial charge in [-0.05, 0) is 24.1 Å². The predicted octanol–water partition coefficient (Wildman–Crippen LogP) is 1.16. The number of hydrogen-bond donors (Lipinski definition) is 2. The zero-order chi connectivity index (χ0) is 11.3. The van der Waals surface area contributed by atoms with Crippen molar-refractivity contribution < 1.29 is 14.6 Å². The first-order valence-corrected chi connectivity index (χ1v) is 4.48. The SMILES string of the molecule is C=COc1ccc(C[C@H](N)C(=O)O)cc1. The molecule has 4 heteroatoms. The van der Waals surface area contributed by atoms with Crippen LogP contribution in [-0.2, 0) is 11.2 Å². The van der Waals surface area contributed by atoms with E-state index >= 15 is 0 Å². The summed E-state index contributed by atoms with van der Waals surface area (Å²) in [4.78, 5) is 10.5. The van der Waals surface area contributed by atoms with E-state index < -0.39 is 12.0 Å². The van der Waals surface area contributed by atoms with Crippen LogP contribution in [0, 0.1) is 0 Å². The zero-order valence-electron chi connectivity index (χ0n) is 8.22. The number of ether oxygens (including phenoxy) is 1. The van der Waals surface area contributed by atoms with E-state index in [0.717, 1.165) is 5.56 Å². The minimum atomic E-state index is -0.999. The molecule has 0 saturated carbocycles. The van der Waals surface area contributed by atoms with Gasteiger partial charge < -0.3 is 15.6 Å². The summed E-state index contributed by atoms with van der Waals surface area (Å²) in [6.07, 6.45) is 1.64. The molecule has 3 N–H and O–H groups in total. The lowest BCUT2D eigenvalue weighted by Gasteiger charge is -2.06. The van der Waals surface area contributed by atoms with Gasteiger partial charge in [0.1, 0.15) is 11.8 Å². The fourth-order valence-electron chi connectivity index (χ4n) is 1.14. The highest BCUT2D eigenvalue weighted by molar-refractivity contribution is 5.73. The fraction of sp³-hybridized carbons (Fsp3) is 0.182. The van der Waals surface area contributed by atoms with Crippen LogP contribution in [0.5, 0.6) is 5.75 Å². The first kappa shape index (κ1) is 11.3. The minimum Gasteiger partial charge on any atom is -0.480 e. The maximum atomic E-state index is 10.5. The molecule has 0 spiro atoms. The van der Waals surface area contributed by atoms with Gasteiger partial charge in [0, 0.05) is 0 Å². The molecular weight excluding hydrogens is 194 g/mol. The second-order valence-electron chi connectivity index (χ2n) is 3.08. The number of nitrogens with two attached hydrogens (primary N) is 1. The molecule has 0 saturated heterocycles. The third kappa shape index (κ3) is 3.44. The minimum absolute atomic E-state index is 0.309. The molecule has 15 heavy (non-hydrogen) atoms. The van der Waals surface area contributed by atoms with Gasteiger partial charge in [0.05, 0.1) is 6.26 Å². The molecule has 1 aromatic rings. The van der Waals surface area contributed by atoms with Crippen LogP contribution in [-0.4, -0.2) is 17.1 Å². The Labute approximate surface area is 88.0 Å². The van der Waals surface area contributed by atoms with Crippen LogP contribution in [0.2, 0.25) is 0 Å². The van der Waals surface area contributed by atoms with Crippen molar-refractivity contribution in [1.82, 2.24) is 0 Å². The molecule has 0 fully saturated rings. The summed E-state index contributed by atoms with van der Waals surface area (Å²) in [6, 6.07) is 6.18. The second kappa shape index (κ2) is 5.17. The molecule has 0 aliphatic carbocycles. The van der Waals surface area contributed by atoms with Crippen molar-refractivity contribution >= 4 is 5.97 Å². The monoisotopic (exact) mass is 207 g/mol. The fourth-order valence-corrected chi connectivity index (χ4v) is 1.14. The highest BCUT2D eigenvalue weighted by atomic mass is 16.5. The van der Waals surface area contributed by atoms with Crippen molar-refractivity contribution in [3.8, 4) is 5.75 Å². The topological polar surface area (TPSA) is 72.5 Å². The predicted molar refractivity (Wildman–Crippen MR) is 56.6 cm³/mol. The number of carboxylic acid groups (broad SMARTS) is 1. The van der Waals surface area contributed by atoms with E-state index in [1.165, 1.54) is 6.26 Å². The Kier molecular flexibility index (Phi) is 3.88. The first-order valence-electron chi connectivity index (χ1n) is 4.48. The van der Waals surface area contributed by atoms with Gasteiger partial charge in [-0.2, -0.15) is 0 Å². The molecule has 0 heterocycles. The number of carboxylic acids is 1. The van der Waals surface area contributed by atoms with Gasteiger partial charge in [-0.15, -0.1) is 0 Å².